The largest absolute Gasteiger partial charge is 0.496 e. The summed E-state index contributed by atoms with van der Waals surface area (Å²) in [4.78, 5) is 26.2. The second-order valence-electron chi connectivity index (χ2n) is 9.94. The monoisotopic (exact) mass is 419 g/mol. The van der Waals surface area contributed by atoms with E-state index in [0.717, 1.165) is 29.5 Å². The van der Waals surface area contributed by atoms with E-state index in [1.165, 1.54) is 17.2 Å². The van der Waals surface area contributed by atoms with E-state index in [1.54, 1.807) is 13.2 Å². The lowest BCUT2D eigenvalue weighted by atomic mass is 9.62. The zero-order valence-electron chi connectivity index (χ0n) is 19.0. The Labute approximate surface area is 182 Å². The number of fused-ring (bicyclic) bond motifs is 2. The summed E-state index contributed by atoms with van der Waals surface area (Å²) in [6.45, 7) is 11.3. The molecule has 0 saturated carbocycles. The molecule has 4 rings (SSSR count). The molecule has 1 aliphatic rings. The van der Waals surface area contributed by atoms with Crippen molar-refractivity contribution in [3.05, 3.63) is 62.9 Å². The van der Waals surface area contributed by atoms with E-state index < -0.39 is 11.5 Å². The minimum Gasteiger partial charge on any atom is -0.496 e. The smallest absolute Gasteiger partial charge is 0.341 e. The van der Waals surface area contributed by atoms with Gasteiger partial charge in [-0.3, -0.25) is 4.79 Å². The molecule has 1 heterocycles. The van der Waals surface area contributed by atoms with Crippen molar-refractivity contribution >= 4 is 16.9 Å². The van der Waals surface area contributed by atoms with E-state index in [4.69, 9.17) is 4.74 Å². The Kier molecular flexibility index (Phi) is 4.76. The highest BCUT2D eigenvalue weighted by Gasteiger charge is 2.37. The fourth-order valence-electron chi connectivity index (χ4n) is 4.79. The topological polar surface area (TPSA) is 79.4 Å². The molecule has 2 N–H and O–H groups in total. The number of carboxylic acids is 1. The van der Waals surface area contributed by atoms with Crippen molar-refractivity contribution in [2.75, 3.05) is 7.11 Å². The molecule has 0 fully saturated rings. The zero-order chi connectivity index (χ0) is 22.7. The Morgan fingerprint density at radius 2 is 1.58 bits per heavy atom. The number of ether oxygens (including phenoxy) is 1. The second kappa shape index (κ2) is 6.98. The summed E-state index contributed by atoms with van der Waals surface area (Å²) in [6.07, 6.45) is 2.27. The maximum atomic E-state index is 12.1. The number of pyridine rings is 1. The van der Waals surface area contributed by atoms with Gasteiger partial charge in [-0.2, -0.15) is 0 Å². The number of hydrogen-bond donors (Lipinski definition) is 2. The lowest BCUT2D eigenvalue weighted by Crippen LogP contribution is -2.34. The summed E-state index contributed by atoms with van der Waals surface area (Å²) in [5.41, 5.74) is 5.68. The second-order valence-corrected chi connectivity index (χ2v) is 9.94. The first-order chi connectivity index (χ1) is 14.4. The van der Waals surface area contributed by atoms with Crippen LogP contribution in [0, 0.1) is 6.92 Å². The molecule has 0 saturated heterocycles. The van der Waals surface area contributed by atoms with Crippen LogP contribution in [0.1, 0.15) is 67.6 Å². The van der Waals surface area contributed by atoms with Crippen LogP contribution in [0.15, 0.2) is 35.1 Å². The standard InChI is InChI=1S/C26H29NO4/c1-14-9-19-20(26(4,5)8-7-25(19,2)3)12-16(14)17-10-15-11-18(24(29)30)23(28)27-21(15)13-22(17)31-6/h9-13H,7-8H2,1-6H3,(H,27,28)(H,29,30). The van der Waals surface area contributed by atoms with Crippen LogP contribution in [-0.4, -0.2) is 23.2 Å². The number of aromatic carboxylic acids is 1. The van der Waals surface area contributed by atoms with Gasteiger partial charge in [0.25, 0.3) is 5.56 Å². The average Bonchev–Trinajstić information content (AvgIpc) is 2.69. The molecule has 0 atom stereocenters. The van der Waals surface area contributed by atoms with Crippen LogP contribution in [0.3, 0.4) is 0 Å². The first-order valence-corrected chi connectivity index (χ1v) is 10.6. The summed E-state index contributed by atoms with van der Waals surface area (Å²) < 4.78 is 5.68. The number of carboxylic acid groups (broad SMARTS) is 1. The quantitative estimate of drug-likeness (QED) is 0.582. The molecule has 0 unspecified atom stereocenters. The summed E-state index contributed by atoms with van der Waals surface area (Å²) in [7, 11) is 1.61. The first-order valence-electron chi connectivity index (χ1n) is 10.6. The average molecular weight is 420 g/mol. The molecule has 2 aromatic carbocycles. The van der Waals surface area contributed by atoms with Gasteiger partial charge in [-0.25, -0.2) is 4.79 Å². The number of carbonyl (C=O) groups is 1. The van der Waals surface area contributed by atoms with E-state index >= 15 is 0 Å². The highest BCUT2D eigenvalue weighted by Crippen LogP contribution is 2.48. The predicted molar refractivity (Wildman–Crippen MR) is 124 cm³/mol. The van der Waals surface area contributed by atoms with Crippen molar-refractivity contribution in [3.8, 4) is 16.9 Å². The van der Waals surface area contributed by atoms with Gasteiger partial charge in [0.15, 0.2) is 0 Å². The molecule has 0 radical (unpaired) electrons. The lowest BCUT2D eigenvalue weighted by molar-refractivity contribution is 0.0695. The number of aromatic nitrogens is 1. The first kappa shape index (κ1) is 21.2. The number of rotatable bonds is 3. The Hall–Kier alpha value is -3.08. The van der Waals surface area contributed by atoms with Crippen LogP contribution < -0.4 is 10.3 Å². The Morgan fingerprint density at radius 3 is 2.16 bits per heavy atom. The molecule has 0 amide bonds. The van der Waals surface area contributed by atoms with Gasteiger partial charge >= 0.3 is 5.97 Å². The van der Waals surface area contributed by atoms with Gasteiger partial charge in [-0.05, 0) is 76.4 Å². The summed E-state index contributed by atoms with van der Waals surface area (Å²) >= 11 is 0. The van der Waals surface area contributed by atoms with Crippen molar-refractivity contribution in [3.63, 3.8) is 0 Å². The fraction of sp³-hybridized carbons (Fsp3) is 0.385. The van der Waals surface area contributed by atoms with Gasteiger partial charge in [-0.1, -0.05) is 33.8 Å². The molecule has 1 aromatic heterocycles. The summed E-state index contributed by atoms with van der Waals surface area (Å²) in [5.74, 6) is -0.600. The molecular weight excluding hydrogens is 390 g/mol. The van der Waals surface area contributed by atoms with Crippen molar-refractivity contribution < 1.29 is 14.6 Å². The molecule has 162 valence electrons. The van der Waals surface area contributed by atoms with Gasteiger partial charge < -0.3 is 14.8 Å². The molecule has 0 spiro atoms. The van der Waals surface area contributed by atoms with Gasteiger partial charge in [0.1, 0.15) is 11.3 Å². The minimum absolute atomic E-state index is 0.0686. The van der Waals surface area contributed by atoms with Crippen molar-refractivity contribution in [1.82, 2.24) is 4.98 Å². The van der Waals surface area contributed by atoms with Crippen LogP contribution in [-0.2, 0) is 10.8 Å². The molecule has 31 heavy (non-hydrogen) atoms. The number of H-pyrrole nitrogens is 1. The Bertz CT molecular complexity index is 1280. The minimum atomic E-state index is -1.24. The van der Waals surface area contributed by atoms with Gasteiger partial charge in [0.05, 0.1) is 12.6 Å². The summed E-state index contributed by atoms with van der Waals surface area (Å²) in [5, 5.41) is 10.0. The number of nitrogens with one attached hydrogen (secondary N) is 1. The van der Waals surface area contributed by atoms with E-state index in [9.17, 15) is 14.7 Å². The van der Waals surface area contributed by atoms with Crippen LogP contribution in [0.2, 0.25) is 0 Å². The molecule has 5 nitrogen and oxygen atoms in total. The third kappa shape index (κ3) is 3.42. The normalized spacial score (nSPS) is 16.7. The fourth-order valence-corrected chi connectivity index (χ4v) is 4.79. The molecule has 0 aliphatic heterocycles. The number of aryl methyl sites for hydroxylation is 1. The third-order valence-corrected chi connectivity index (χ3v) is 6.88. The van der Waals surface area contributed by atoms with E-state index in [-0.39, 0.29) is 16.4 Å². The molecular formula is C26H29NO4. The highest BCUT2D eigenvalue weighted by molar-refractivity contribution is 5.95. The summed E-state index contributed by atoms with van der Waals surface area (Å²) in [6, 6.07) is 9.68. The van der Waals surface area contributed by atoms with E-state index in [2.05, 4.69) is 51.7 Å². The van der Waals surface area contributed by atoms with Gasteiger partial charge in [0.2, 0.25) is 0 Å². The van der Waals surface area contributed by atoms with E-state index in [1.807, 2.05) is 6.07 Å². The van der Waals surface area contributed by atoms with Crippen LogP contribution in [0.4, 0.5) is 0 Å². The molecule has 1 aliphatic carbocycles. The Balaban J connectivity index is 2.01. The van der Waals surface area contributed by atoms with Crippen molar-refractivity contribution in [2.45, 2.75) is 58.3 Å². The van der Waals surface area contributed by atoms with Crippen molar-refractivity contribution in [1.29, 1.82) is 0 Å². The maximum absolute atomic E-state index is 12.1. The number of methoxy groups -OCH3 is 1. The zero-order valence-corrected chi connectivity index (χ0v) is 19.0. The Morgan fingerprint density at radius 1 is 0.968 bits per heavy atom. The molecule has 0 bridgehead atoms. The predicted octanol–water partition coefficient (Wildman–Crippen LogP) is 5.56. The van der Waals surface area contributed by atoms with Crippen LogP contribution in [0.5, 0.6) is 5.75 Å². The number of hydrogen-bond acceptors (Lipinski definition) is 3. The SMILES string of the molecule is COc1cc2[nH]c(=O)c(C(=O)O)cc2cc1-c1cc2c(cc1C)C(C)(C)CCC2(C)C. The van der Waals surface area contributed by atoms with Gasteiger partial charge in [-0.15, -0.1) is 0 Å². The molecule has 3 aromatic rings. The van der Waals surface area contributed by atoms with Gasteiger partial charge in [0, 0.05) is 11.6 Å². The maximum Gasteiger partial charge on any atom is 0.341 e. The third-order valence-electron chi connectivity index (χ3n) is 6.88. The number of aromatic amines is 1. The number of benzene rings is 2. The van der Waals surface area contributed by atoms with Crippen molar-refractivity contribution in [2.24, 2.45) is 0 Å². The van der Waals surface area contributed by atoms with Crippen LogP contribution >= 0.6 is 0 Å². The molecule has 5 heteroatoms. The van der Waals surface area contributed by atoms with E-state index in [0.29, 0.717) is 16.7 Å². The lowest BCUT2D eigenvalue weighted by Gasteiger charge is -2.42. The van der Waals surface area contributed by atoms with Crippen LogP contribution in [0.25, 0.3) is 22.0 Å². The highest BCUT2D eigenvalue weighted by atomic mass is 16.5.